The number of methoxy groups -OCH3 is 1. The van der Waals surface area contributed by atoms with E-state index in [-0.39, 0.29) is 17.8 Å². The number of halogens is 1. The lowest BCUT2D eigenvalue weighted by molar-refractivity contribution is 0.0723. The smallest absolute Gasteiger partial charge is 0.273 e. The average Bonchev–Trinajstić information content (AvgIpc) is 3.29. The Morgan fingerprint density at radius 3 is 2.53 bits per heavy atom. The maximum absolute atomic E-state index is 13.5. The van der Waals surface area contributed by atoms with Crippen LogP contribution in [0.3, 0.4) is 0 Å². The Bertz CT molecular complexity index is 1020. The van der Waals surface area contributed by atoms with E-state index in [0.29, 0.717) is 37.6 Å². The first-order chi connectivity index (χ1) is 14.6. The van der Waals surface area contributed by atoms with Crippen LogP contribution in [0.2, 0.25) is 0 Å². The van der Waals surface area contributed by atoms with Crippen molar-refractivity contribution in [3.8, 4) is 17.0 Å². The fourth-order valence-corrected chi connectivity index (χ4v) is 3.89. The number of benzene rings is 2. The summed E-state index contributed by atoms with van der Waals surface area (Å²) in [6.45, 7) is 3.61. The second kappa shape index (κ2) is 8.67. The van der Waals surface area contributed by atoms with Gasteiger partial charge in [0.2, 0.25) is 0 Å². The van der Waals surface area contributed by atoms with E-state index in [1.807, 2.05) is 31.2 Å². The van der Waals surface area contributed by atoms with Gasteiger partial charge in [-0.25, -0.2) is 4.39 Å². The summed E-state index contributed by atoms with van der Waals surface area (Å²) < 4.78 is 24.2. The molecular weight excluding hydrogens is 385 g/mol. The zero-order valence-electron chi connectivity index (χ0n) is 17.0. The topological polar surface area (TPSA) is 67.4 Å². The molecule has 1 amide bonds. The largest absolute Gasteiger partial charge is 0.494 e. The van der Waals surface area contributed by atoms with Crippen molar-refractivity contribution < 1.29 is 18.7 Å². The van der Waals surface area contributed by atoms with Gasteiger partial charge in [-0.2, -0.15) is 5.10 Å². The van der Waals surface area contributed by atoms with Crippen molar-refractivity contribution in [1.82, 2.24) is 15.1 Å². The molecular formula is C23H24FN3O3. The highest BCUT2D eigenvalue weighted by Gasteiger charge is 2.41. The Morgan fingerprint density at radius 1 is 1.13 bits per heavy atom. The Kier molecular flexibility index (Phi) is 5.81. The third kappa shape index (κ3) is 3.68. The molecule has 1 aliphatic heterocycles. The summed E-state index contributed by atoms with van der Waals surface area (Å²) in [6, 6.07) is 13.6. The maximum Gasteiger partial charge on any atom is 0.273 e. The molecule has 0 saturated heterocycles. The van der Waals surface area contributed by atoms with Crippen LogP contribution in [0.4, 0.5) is 4.39 Å². The van der Waals surface area contributed by atoms with Gasteiger partial charge in [0.25, 0.3) is 5.91 Å². The van der Waals surface area contributed by atoms with Gasteiger partial charge in [0, 0.05) is 31.4 Å². The first-order valence-corrected chi connectivity index (χ1v) is 10.0. The van der Waals surface area contributed by atoms with E-state index in [2.05, 4.69) is 10.2 Å². The maximum atomic E-state index is 13.5. The van der Waals surface area contributed by atoms with Crippen molar-refractivity contribution in [1.29, 1.82) is 0 Å². The molecule has 1 aromatic heterocycles. The van der Waals surface area contributed by atoms with Gasteiger partial charge in [-0.05, 0) is 55.3 Å². The van der Waals surface area contributed by atoms with E-state index in [1.165, 1.54) is 12.1 Å². The minimum atomic E-state index is -0.342. The summed E-state index contributed by atoms with van der Waals surface area (Å²) in [6.07, 6.45) is 0.704. The molecule has 4 rings (SSSR count). The number of hydrogen-bond donors (Lipinski definition) is 1. The van der Waals surface area contributed by atoms with Gasteiger partial charge in [-0.1, -0.05) is 12.1 Å². The quantitative estimate of drug-likeness (QED) is 0.567. The molecule has 0 saturated carbocycles. The van der Waals surface area contributed by atoms with E-state index in [0.717, 1.165) is 22.4 Å². The van der Waals surface area contributed by atoms with Gasteiger partial charge in [-0.3, -0.25) is 9.89 Å². The van der Waals surface area contributed by atoms with Gasteiger partial charge < -0.3 is 14.4 Å². The first-order valence-electron chi connectivity index (χ1n) is 10.0. The lowest BCUT2D eigenvalue weighted by Crippen LogP contribution is -2.31. The van der Waals surface area contributed by atoms with Crippen molar-refractivity contribution in [3.63, 3.8) is 0 Å². The highest BCUT2D eigenvalue weighted by atomic mass is 19.1. The summed E-state index contributed by atoms with van der Waals surface area (Å²) in [7, 11) is 1.64. The van der Waals surface area contributed by atoms with Crippen LogP contribution >= 0.6 is 0 Å². The molecule has 0 fully saturated rings. The highest BCUT2D eigenvalue weighted by molar-refractivity contribution is 6.00. The molecule has 30 heavy (non-hydrogen) atoms. The van der Waals surface area contributed by atoms with Gasteiger partial charge in [0.1, 0.15) is 17.3 Å². The molecule has 1 unspecified atom stereocenters. The molecule has 0 spiro atoms. The van der Waals surface area contributed by atoms with Crippen LogP contribution in [0.15, 0.2) is 48.5 Å². The fourth-order valence-electron chi connectivity index (χ4n) is 3.89. The SMILES string of the molecule is CCOc1ccc(-c2n[nH]c3c2C(c2ccc(F)cc2)N(CCCOC)C3=O)cc1. The van der Waals surface area contributed by atoms with Gasteiger partial charge >= 0.3 is 0 Å². The zero-order chi connectivity index (χ0) is 21.1. The van der Waals surface area contributed by atoms with Crippen molar-refractivity contribution in [2.45, 2.75) is 19.4 Å². The number of aromatic nitrogens is 2. The van der Waals surface area contributed by atoms with Crippen molar-refractivity contribution in [3.05, 3.63) is 71.2 Å². The summed E-state index contributed by atoms with van der Waals surface area (Å²) in [5.74, 6) is 0.356. The van der Waals surface area contributed by atoms with Crippen LogP contribution < -0.4 is 4.74 Å². The van der Waals surface area contributed by atoms with Crippen LogP contribution in [-0.4, -0.2) is 47.9 Å². The summed E-state index contributed by atoms with van der Waals surface area (Å²) in [4.78, 5) is 14.9. The van der Waals surface area contributed by atoms with E-state index in [4.69, 9.17) is 9.47 Å². The number of carbonyl (C=O) groups excluding carboxylic acids is 1. The predicted molar refractivity (Wildman–Crippen MR) is 111 cm³/mol. The van der Waals surface area contributed by atoms with E-state index in [9.17, 15) is 9.18 Å². The molecule has 2 heterocycles. The number of H-pyrrole nitrogens is 1. The number of rotatable bonds is 8. The molecule has 156 valence electrons. The van der Waals surface area contributed by atoms with Gasteiger partial charge in [0.05, 0.1) is 18.3 Å². The number of nitrogens with zero attached hydrogens (tertiary/aromatic N) is 2. The van der Waals surface area contributed by atoms with Crippen molar-refractivity contribution >= 4 is 5.91 Å². The highest BCUT2D eigenvalue weighted by Crippen LogP contribution is 2.43. The molecule has 1 N–H and O–H groups in total. The van der Waals surface area contributed by atoms with Crippen molar-refractivity contribution in [2.75, 3.05) is 26.9 Å². The number of ether oxygens (including phenoxy) is 2. The van der Waals surface area contributed by atoms with E-state index < -0.39 is 0 Å². The number of amides is 1. The Morgan fingerprint density at radius 2 is 1.87 bits per heavy atom. The number of nitrogens with one attached hydrogen (secondary N) is 1. The molecule has 0 aliphatic carbocycles. The lowest BCUT2D eigenvalue weighted by atomic mass is 9.96. The number of aromatic amines is 1. The third-order valence-corrected chi connectivity index (χ3v) is 5.24. The average molecular weight is 409 g/mol. The normalized spacial score (nSPS) is 15.5. The van der Waals surface area contributed by atoms with Crippen LogP contribution in [0.1, 0.15) is 41.0 Å². The molecule has 1 aliphatic rings. The first kappa shape index (κ1) is 20.1. The van der Waals surface area contributed by atoms with Crippen LogP contribution in [-0.2, 0) is 4.74 Å². The minimum absolute atomic E-state index is 0.111. The number of fused-ring (bicyclic) bond motifs is 1. The van der Waals surface area contributed by atoms with Crippen LogP contribution in [0.25, 0.3) is 11.3 Å². The summed E-state index contributed by atoms with van der Waals surface area (Å²) >= 11 is 0. The standard InChI is InChI=1S/C23H24FN3O3/c1-3-30-18-11-7-15(8-12-18)20-19-21(26-25-20)23(28)27(13-4-14-29-2)22(19)16-5-9-17(24)10-6-16/h5-12,22H,3-4,13-14H2,1-2H3,(H,25,26). The molecule has 6 nitrogen and oxygen atoms in total. The second-order valence-corrected chi connectivity index (χ2v) is 7.12. The Hall–Kier alpha value is -3.19. The zero-order valence-corrected chi connectivity index (χ0v) is 17.0. The van der Waals surface area contributed by atoms with E-state index >= 15 is 0 Å². The molecule has 2 aromatic carbocycles. The van der Waals surface area contributed by atoms with Crippen molar-refractivity contribution in [2.24, 2.45) is 0 Å². The van der Waals surface area contributed by atoms with Crippen LogP contribution in [0, 0.1) is 5.82 Å². The lowest BCUT2D eigenvalue weighted by Gasteiger charge is -2.26. The third-order valence-electron chi connectivity index (χ3n) is 5.24. The molecule has 7 heteroatoms. The summed E-state index contributed by atoms with van der Waals surface area (Å²) in [5.41, 5.74) is 3.73. The molecule has 3 aromatic rings. The van der Waals surface area contributed by atoms with E-state index in [1.54, 1.807) is 24.1 Å². The number of carbonyl (C=O) groups is 1. The predicted octanol–water partition coefficient (Wildman–Crippen LogP) is 4.20. The number of hydrogen-bond acceptors (Lipinski definition) is 4. The van der Waals surface area contributed by atoms with Gasteiger partial charge in [-0.15, -0.1) is 0 Å². The molecule has 1 atom stereocenters. The van der Waals surface area contributed by atoms with Crippen LogP contribution in [0.5, 0.6) is 5.75 Å². The molecule has 0 radical (unpaired) electrons. The Balaban J connectivity index is 1.76. The Labute approximate surface area is 174 Å². The summed E-state index contributed by atoms with van der Waals surface area (Å²) in [5, 5.41) is 7.37. The monoisotopic (exact) mass is 409 g/mol. The second-order valence-electron chi connectivity index (χ2n) is 7.12. The van der Waals surface area contributed by atoms with Gasteiger partial charge in [0.15, 0.2) is 0 Å². The molecule has 0 bridgehead atoms. The minimum Gasteiger partial charge on any atom is -0.494 e. The fraction of sp³-hybridized carbons (Fsp3) is 0.304.